The van der Waals surface area contributed by atoms with Crippen LogP contribution in [0.2, 0.25) is 0 Å². The summed E-state index contributed by atoms with van der Waals surface area (Å²) >= 11 is 1.91. The molecule has 0 saturated carbocycles. The molecule has 3 heteroatoms. The van der Waals surface area contributed by atoms with E-state index in [0.717, 1.165) is 17.1 Å². The van der Waals surface area contributed by atoms with Crippen molar-refractivity contribution in [3.05, 3.63) is 218 Å². The number of hydrogen-bond donors (Lipinski definition) is 0. The van der Waals surface area contributed by atoms with E-state index in [-0.39, 0.29) is 0 Å². The number of para-hydroxylation sites is 2. The lowest BCUT2D eigenvalue weighted by molar-refractivity contribution is 1.29. The number of benzene rings is 10. The molecule has 0 bridgehead atoms. The maximum absolute atomic E-state index is 2.60. The second-order valence-corrected chi connectivity index (χ2v) is 17.2. The topological polar surface area (TPSA) is 7.65 Å². The van der Waals surface area contributed by atoms with E-state index in [4.69, 9.17) is 0 Å². The van der Waals surface area contributed by atoms with E-state index in [9.17, 15) is 0 Å². The van der Waals surface area contributed by atoms with Crippen molar-refractivity contribution in [2.75, 3.05) is 4.90 Å². The molecule has 0 N–H and O–H groups in total. The molecule has 0 unspecified atom stereocenters. The molecule has 3 aromatic heterocycles. The average Bonchev–Trinajstić information content (AvgIpc) is 3.82. The van der Waals surface area contributed by atoms with Gasteiger partial charge >= 0.3 is 0 Å². The zero-order valence-corrected chi connectivity index (χ0v) is 33.9. The fourth-order valence-electron chi connectivity index (χ4n) is 9.86. The predicted molar refractivity (Wildman–Crippen MR) is 262 cm³/mol. The van der Waals surface area contributed by atoms with E-state index in [1.54, 1.807) is 0 Å². The van der Waals surface area contributed by atoms with Crippen LogP contribution < -0.4 is 4.90 Å². The first-order chi connectivity index (χ1) is 30.2. The molecule has 284 valence electrons. The van der Waals surface area contributed by atoms with Gasteiger partial charge in [-0.1, -0.05) is 133 Å². The summed E-state index contributed by atoms with van der Waals surface area (Å²) < 4.78 is 5.22. The number of aromatic nitrogens is 1. The molecule has 0 radical (unpaired) electrons. The first kappa shape index (κ1) is 34.2. The molecule has 61 heavy (non-hydrogen) atoms. The van der Waals surface area contributed by atoms with Crippen LogP contribution in [-0.2, 0) is 0 Å². The Labute approximate surface area is 356 Å². The maximum atomic E-state index is 2.60. The molecule has 13 aromatic rings. The first-order valence-electron chi connectivity index (χ1n) is 20.9. The van der Waals surface area contributed by atoms with Gasteiger partial charge in [-0.25, -0.2) is 0 Å². The van der Waals surface area contributed by atoms with Crippen LogP contribution in [0.4, 0.5) is 17.1 Å². The van der Waals surface area contributed by atoms with Gasteiger partial charge in [0.25, 0.3) is 0 Å². The SMILES string of the molecule is c1ccc(-c2cc3sc4cc(-c5ccccc5)cc5c4c3c(c2)c2cc(-c3ccccc3)cc3c4cc6cc(N(c7ccccc7)c7ccccc7)ccc6cc4n5c23)cc1. The van der Waals surface area contributed by atoms with Gasteiger partial charge in [0.15, 0.2) is 0 Å². The molecule has 0 amide bonds. The Kier molecular flexibility index (Phi) is 7.51. The average molecular weight is 793 g/mol. The van der Waals surface area contributed by atoms with Crippen LogP contribution in [0, 0.1) is 0 Å². The van der Waals surface area contributed by atoms with E-state index >= 15 is 0 Å². The summed E-state index contributed by atoms with van der Waals surface area (Å²) in [5.41, 5.74) is 14.4. The molecule has 13 rings (SSSR count). The van der Waals surface area contributed by atoms with Gasteiger partial charge in [-0.3, -0.25) is 0 Å². The van der Waals surface area contributed by atoms with Crippen LogP contribution in [0.5, 0.6) is 0 Å². The Hall–Kier alpha value is -7.72. The molecule has 10 aromatic carbocycles. The molecular weight excluding hydrogens is 757 g/mol. The van der Waals surface area contributed by atoms with Crippen LogP contribution in [0.25, 0.3) is 102 Å². The highest BCUT2D eigenvalue weighted by Crippen LogP contribution is 2.49. The summed E-state index contributed by atoms with van der Waals surface area (Å²) in [6, 6.07) is 80.5. The fraction of sp³-hybridized carbons (Fsp3) is 0. The number of anilines is 3. The van der Waals surface area contributed by atoms with Gasteiger partial charge in [-0.15, -0.1) is 11.3 Å². The predicted octanol–water partition coefficient (Wildman–Crippen LogP) is 16.8. The zero-order chi connectivity index (χ0) is 40.0. The monoisotopic (exact) mass is 792 g/mol. The highest BCUT2D eigenvalue weighted by atomic mass is 32.1. The third kappa shape index (κ3) is 5.34. The molecule has 0 aliphatic carbocycles. The van der Waals surface area contributed by atoms with Gasteiger partial charge in [0.05, 0.1) is 16.6 Å². The minimum absolute atomic E-state index is 1.13. The number of fused-ring (bicyclic) bond motifs is 6. The summed E-state index contributed by atoms with van der Waals surface area (Å²) in [6.45, 7) is 0. The van der Waals surface area contributed by atoms with Crippen molar-refractivity contribution in [3.8, 4) is 33.4 Å². The van der Waals surface area contributed by atoms with E-state index in [1.807, 2.05) is 11.3 Å². The molecule has 0 spiro atoms. The van der Waals surface area contributed by atoms with Gasteiger partial charge in [-0.05, 0) is 134 Å². The minimum atomic E-state index is 1.13. The smallest absolute Gasteiger partial charge is 0.0620 e. The van der Waals surface area contributed by atoms with Crippen LogP contribution in [0.1, 0.15) is 0 Å². The molecule has 3 heterocycles. The number of thiophene rings is 1. The Morgan fingerprint density at radius 3 is 1.39 bits per heavy atom. The van der Waals surface area contributed by atoms with Gasteiger partial charge < -0.3 is 9.30 Å². The van der Waals surface area contributed by atoms with Crippen molar-refractivity contribution in [2.24, 2.45) is 0 Å². The number of hydrogen-bond acceptors (Lipinski definition) is 2. The summed E-state index contributed by atoms with van der Waals surface area (Å²) in [7, 11) is 0. The van der Waals surface area contributed by atoms with Crippen molar-refractivity contribution < 1.29 is 0 Å². The second-order valence-electron chi connectivity index (χ2n) is 16.1. The van der Waals surface area contributed by atoms with Crippen molar-refractivity contribution in [3.63, 3.8) is 0 Å². The summed E-state index contributed by atoms with van der Waals surface area (Å²) in [4.78, 5) is 2.35. The molecule has 0 saturated heterocycles. The van der Waals surface area contributed by atoms with Gasteiger partial charge in [-0.2, -0.15) is 0 Å². The molecule has 2 nitrogen and oxygen atoms in total. The van der Waals surface area contributed by atoms with Crippen LogP contribution >= 0.6 is 11.3 Å². The molecule has 0 aliphatic rings. The molecular formula is C58H36N2S. The normalized spacial score (nSPS) is 11.9. The van der Waals surface area contributed by atoms with E-state index in [2.05, 4.69) is 228 Å². The molecule has 0 aliphatic heterocycles. The Bertz CT molecular complexity index is 3740. The molecule has 0 atom stereocenters. The van der Waals surface area contributed by atoms with Crippen LogP contribution in [-0.4, -0.2) is 4.40 Å². The van der Waals surface area contributed by atoms with Crippen LogP contribution in [0.3, 0.4) is 0 Å². The Balaban J connectivity index is 1.20. The number of nitrogens with zero attached hydrogens (tertiary/aromatic N) is 2. The highest BCUT2D eigenvalue weighted by molar-refractivity contribution is 7.26. The zero-order valence-electron chi connectivity index (χ0n) is 33.1. The third-order valence-corrected chi connectivity index (χ3v) is 13.7. The van der Waals surface area contributed by atoms with Gasteiger partial charge in [0.1, 0.15) is 0 Å². The van der Waals surface area contributed by atoms with E-state index in [0.29, 0.717) is 0 Å². The minimum Gasteiger partial charge on any atom is -0.310 e. The van der Waals surface area contributed by atoms with Crippen molar-refractivity contribution in [1.82, 2.24) is 4.40 Å². The fourth-order valence-corrected chi connectivity index (χ4v) is 11.1. The lowest BCUT2D eigenvalue weighted by atomic mass is 9.95. The van der Waals surface area contributed by atoms with Gasteiger partial charge in [0.2, 0.25) is 0 Å². The Morgan fingerprint density at radius 2 is 0.803 bits per heavy atom. The first-order valence-corrected chi connectivity index (χ1v) is 21.7. The Morgan fingerprint density at radius 1 is 0.311 bits per heavy atom. The largest absolute Gasteiger partial charge is 0.310 e. The lowest BCUT2D eigenvalue weighted by Crippen LogP contribution is -2.09. The third-order valence-electron chi connectivity index (χ3n) is 12.6. The van der Waals surface area contributed by atoms with Crippen LogP contribution in [0.15, 0.2) is 218 Å². The van der Waals surface area contributed by atoms with Gasteiger partial charge in [0, 0.05) is 53.4 Å². The second kappa shape index (κ2) is 13.4. The van der Waals surface area contributed by atoms with Crippen molar-refractivity contribution in [2.45, 2.75) is 0 Å². The lowest BCUT2D eigenvalue weighted by Gasteiger charge is -2.25. The van der Waals surface area contributed by atoms with E-state index < -0.39 is 0 Å². The number of rotatable bonds is 6. The van der Waals surface area contributed by atoms with E-state index in [1.165, 1.54) is 102 Å². The summed E-state index contributed by atoms with van der Waals surface area (Å²) in [5, 5.41) is 10.1. The quantitative estimate of drug-likeness (QED) is 0.163. The summed E-state index contributed by atoms with van der Waals surface area (Å²) in [5.74, 6) is 0. The summed E-state index contributed by atoms with van der Waals surface area (Å²) in [6.07, 6.45) is 0. The highest BCUT2D eigenvalue weighted by Gasteiger charge is 2.23. The van der Waals surface area contributed by atoms with Crippen molar-refractivity contribution in [1.29, 1.82) is 0 Å². The maximum Gasteiger partial charge on any atom is 0.0620 e. The van der Waals surface area contributed by atoms with Crippen molar-refractivity contribution >= 4 is 97.4 Å². The molecule has 0 fully saturated rings. The standard InChI is InChI=1S/C58H36N2S/c1-6-16-37(17-7-1)42-31-50-48-29-41-28-47(59(45-22-12-4-13-23-45)46-24-14-5-15-25-46)27-26-40(41)33-52(48)60-53-34-44(39-20-10-3-11-21-39)36-55-57(53)56-49(51(32-42)58(50)60)30-43(35-54(56)61-55)38-18-8-2-9-19-38/h1-36H.